The number of aromatic nitrogens is 2. The van der Waals surface area contributed by atoms with E-state index in [0.29, 0.717) is 10.6 Å². The minimum Gasteiger partial charge on any atom is -0.395 e. The second-order valence-electron chi connectivity index (χ2n) is 4.52. The summed E-state index contributed by atoms with van der Waals surface area (Å²) in [5.41, 5.74) is 7.29. The van der Waals surface area contributed by atoms with Gasteiger partial charge in [0.25, 0.3) is 0 Å². The molecule has 0 unspecified atom stereocenters. The van der Waals surface area contributed by atoms with Gasteiger partial charge < -0.3 is 5.73 Å². The number of hydrogen-bond donors (Lipinski definition) is 1. The molecule has 0 bridgehead atoms. The van der Waals surface area contributed by atoms with Crippen molar-refractivity contribution in [1.82, 2.24) is 9.78 Å². The van der Waals surface area contributed by atoms with Crippen LogP contribution >= 0.6 is 11.8 Å². The van der Waals surface area contributed by atoms with Gasteiger partial charge in [0, 0.05) is 10.9 Å². The Morgan fingerprint density at radius 3 is 2.53 bits per heavy atom. The van der Waals surface area contributed by atoms with Crippen LogP contribution < -0.4 is 5.73 Å². The van der Waals surface area contributed by atoms with Crippen LogP contribution in [-0.4, -0.2) is 9.78 Å². The molecule has 0 radical (unpaired) electrons. The molecule has 6 heteroatoms. The van der Waals surface area contributed by atoms with Crippen molar-refractivity contribution in [2.45, 2.75) is 36.7 Å². The summed E-state index contributed by atoms with van der Waals surface area (Å²) in [7, 11) is 0. The summed E-state index contributed by atoms with van der Waals surface area (Å²) in [4.78, 5) is 0.590. The second kappa shape index (κ2) is 5.21. The van der Waals surface area contributed by atoms with Crippen molar-refractivity contribution in [3.8, 4) is 0 Å². The van der Waals surface area contributed by atoms with Crippen LogP contribution in [0, 0.1) is 18.6 Å². The SMILES string of the molecule is Cc1nn(C(C)C)c(Sc2ccc(F)c(F)c2)c1N. The number of aryl methyl sites for hydroxylation is 1. The zero-order valence-electron chi connectivity index (χ0n) is 10.9. The molecule has 0 aliphatic rings. The predicted octanol–water partition coefficient (Wildman–Crippen LogP) is 3.78. The Bertz CT molecular complexity index is 608. The molecular formula is C13H15F2N3S. The van der Waals surface area contributed by atoms with Crippen LogP contribution in [0.25, 0.3) is 0 Å². The second-order valence-corrected chi connectivity index (χ2v) is 5.58. The number of anilines is 1. The fourth-order valence-corrected chi connectivity index (χ4v) is 2.77. The first-order chi connectivity index (χ1) is 8.90. The smallest absolute Gasteiger partial charge is 0.159 e. The van der Waals surface area contributed by atoms with Crippen molar-refractivity contribution in [3.63, 3.8) is 0 Å². The molecule has 0 aliphatic heterocycles. The van der Waals surface area contributed by atoms with Gasteiger partial charge in [0.1, 0.15) is 5.03 Å². The van der Waals surface area contributed by atoms with Gasteiger partial charge in [-0.3, -0.25) is 4.68 Å². The molecule has 2 aromatic rings. The minimum atomic E-state index is -0.865. The Labute approximate surface area is 114 Å². The fourth-order valence-electron chi connectivity index (χ4n) is 1.64. The van der Waals surface area contributed by atoms with E-state index in [0.717, 1.165) is 22.9 Å². The molecule has 19 heavy (non-hydrogen) atoms. The summed E-state index contributed by atoms with van der Waals surface area (Å²) in [5, 5.41) is 5.10. The number of hydrogen-bond acceptors (Lipinski definition) is 3. The zero-order valence-corrected chi connectivity index (χ0v) is 11.8. The van der Waals surface area contributed by atoms with Gasteiger partial charge in [0.05, 0.1) is 11.4 Å². The lowest BCUT2D eigenvalue weighted by Crippen LogP contribution is -2.04. The normalized spacial score (nSPS) is 11.3. The van der Waals surface area contributed by atoms with Gasteiger partial charge in [-0.1, -0.05) is 11.8 Å². The van der Waals surface area contributed by atoms with E-state index in [9.17, 15) is 8.78 Å². The Hall–Kier alpha value is -1.56. The number of nitrogens with two attached hydrogens (primary N) is 1. The highest BCUT2D eigenvalue weighted by atomic mass is 32.2. The van der Waals surface area contributed by atoms with E-state index < -0.39 is 11.6 Å². The molecule has 2 N–H and O–H groups in total. The monoisotopic (exact) mass is 283 g/mol. The van der Waals surface area contributed by atoms with E-state index in [2.05, 4.69) is 5.10 Å². The number of benzene rings is 1. The molecular weight excluding hydrogens is 268 g/mol. The van der Waals surface area contributed by atoms with Crippen LogP contribution in [-0.2, 0) is 0 Å². The van der Waals surface area contributed by atoms with Crippen LogP contribution in [0.2, 0.25) is 0 Å². The molecule has 2 rings (SSSR count). The van der Waals surface area contributed by atoms with E-state index in [-0.39, 0.29) is 6.04 Å². The lowest BCUT2D eigenvalue weighted by molar-refractivity contribution is 0.490. The molecule has 1 aromatic carbocycles. The molecule has 0 fully saturated rings. The molecule has 3 nitrogen and oxygen atoms in total. The van der Waals surface area contributed by atoms with E-state index in [1.54, 1.807) is 4.68 Å². The minimum absolute atomic E-state index is 0.142. The molecule has 0 saturated heterocycles. The summed E-state index contributed by atoms with van der Waals surface area (Å²) in [6, 6.07) is 3.93. The van der Waals surface area contributed by atoms with E-state index in [1.165, 1.54) is 17.8 Å². The Balaban J connectivity index is 2.40. The highest BCUT2D eigenvalue weighted by molar-refractivity contribution is 7.99. The van der Waals surface area contributed by atoms with E-state index in [4.69, 9.17) is 5.73 Å². The zero-order chi connectivity index (χ0) is 14.2. The number of nitrogens with zero attached hydrogens (tertiary/aromatic N) is 2. The maximum absolute atomic E-state index is 13.2. The molecule has 0 spiro atoms. The third kappa shape index (κ3) is 2.73. The summed E-state index contributed by atoms with van der Waals surface area (Å²) < 4.78 is 27.9. The average Bonchev–Trinajstić information content (AvgIpc) is 2.62. The topological polar surface area (TPSA) is 43.8 Å². The van der Waals surface area contributed by atoms with Crippen molar-refractivity contribution in [1.29, 1.82) is 0 Å². The lowest BCUT2D eigenvalue weighted by Gasteiger charge is -2.11. The first kappa shape index (κ1) is 13.9. The standard InChI is InChI=1S/C13H15F2N3S/c1-7(2)18-13(12(16)8(3)17-18)19-9-4-5-10(14)11(15)6-9/h4-7H,16H2,1-3H3. The van der Waals surface area contributed by atoms with Crippen LogP contribution in [0.4, 0.5) is 14.5 Å². The Kier molecular flexibility index (Phi) is 3.80. The largest absolute Gasteiger partial charge is 0.395 e. The maximum atomic E-state index is 13.2. The van der Waals surface area contributed by atoms with Gasteiger partial charge >= 0.3 is 0 Å². The van der Waals surface area contributed by atoms with E-state index in [1.807, 2.05) is 20.8 Å². The van der Waals surface area contributed by atoms with Gasteiger partial charge in [-0.2, -0.15) is 5.10 Å². The molecule has 102 valence electrons. The van der Waals surface area contributed by atoms with Gasteiger partial charge in [-0.25, -0.2) is 8.78 Å². The predicted molar refractivity (Wildman–Crippen MR) is 72.2 cm³/mol. The number of nitrogen functional groups attached to an aromatic ring is 1. The maximum Gasteiger partial charge on any atom is 0.159 e. The summed E-state index contributed by atoms with van der Waals surface area (Å²) in [6.45, 7) is 5.80. The molecule has 1 heterocycles. The van der Waals surface area contributed by atoms with Gasteiger partial charge in [0.15, 0.2) is 11.6 Å². The Morgan fingerprint density at radius 2 is 1.95 bits per heavy atom. The van der Waals surface area contributed by atoms with Crippen molar-refractivity contribution >= 4 is 17.4 Å². The Morgan fingerprint density at radius 1 is 1.26 bits per heavy atom. The third-order valence-corrected chi connectivity index (χ3v) is 3.77. The quantitative estimate of drug-likeness (QED) is 0.932. The van der Waals surface area contributed by atoms with Crippen molar-refractivity contribution < 1.29 is 8.78 Å². The van der Waals surface area contributed by atoms with Crippen molar-refractivity contribution in [3.05, 3.63) is 35.5 Å². The first-order valence-electron chi connectivity index (χ1n) is 5.87. The summed E-state index contributed by atoms with van der Waals surface area (Å²) >= 11 is 1.28. The molecule has 0 aliphatic carbocycles. The third-order valence-electron chi connectivity index (χ3n) is 2.68. The van der Waals surface area contributed by atoms with Gasteiger partial charge in [-0.15, -0.1) is 0 Å². The summed E-state index contributed by atoms with van der Waals surface area (Å²) in [5.74, 6) is -1.72. The number of rotatable bonds is 3. The van der Waals surface area contributed by atoms with E-state index >= 15 is 0 Å². The number of halogens is 2. The van der Waals surface area contributed by atoms with Crippen LogP contribution in [0.15, 0.2) is 28.1 Å². The lowest BCUT2D eigenvalue weighted by atomic mass is 10.3. The first-order valence-corrected chi connectivity index (χ1v) is 6.69. The highest BCUT2D eigenvalue weighted by Gasteiger charge is 2.16. The molecule has 0 saturated carbocycles. The van der Waals surface area contributed by atoms with Crippen LogP contribution in [0.1, 0.15) is 25.6 Å². The molecule has 0 atom stereocenters. The van der Waals surface area contributed by atoms with Gasteiger partial charge in [0.2, 0.25) is 0 Å². The fraction of sp³-hybridized carbons (Fsp3) is 0.308. The highest BCUT2D eigenvalue weighted by Crippen LogP contribution is 2.35. The average molecular weight is 283 g/mol. The van der Waals surface area contributed by atoms with Gasteiger partial charge in [-0.05, 0) is 39.0 Å². The van der Waals surface area contributed by atoms with Crippen molar-refractivity contribution in [2.24, 2.45) is 0 Å². The van der Waals surface area contributed by atoms with Crippen molar-refractivity contribution in [2.75, 3.05) is 5.73 Å². The summed E-state index contributed by atoms with van der Waals surface area (Å²) in [6.07, 6.45) is 0. The van der Waals surface area contributed by atoms with Crippen LogP contribution in [0.3, 0.4) is 0 Å². The van der Waals surface area contributed by atoms with Crippen LogP contribution in [0.5, 0.6) is 0 Å². The molecule has 1 aromatic heterocycles. The molecule has 0 amide bonds.